The first-order valence-corrected chi connectivity index (χ1v) is 6.46. The van der Waals surface area contributed by atoms with E-state index in [0.717, 1.165) is 24.3 Å². The molecule has 0 aliphatic rings. The van der Waals surface area contributed by atoms with Crippen molar-refractivity contribution < 1.29 is 27.0 Å². The molecule has 3 nitrogen and oxygen atoms in total. The maximum atomic E-state index is 12.9. The highest BCUT2D eigenvalue weighted by atomic mass is 32.2. The Hall–Kier alpha value is -1.86. The average Bonchev–Trinajstić information content (AvgIpc) is 2.37. The predicted molar refractivity (Wildman–Crippen MR) is 65.7 cm³/mol. The van der Waals surface area contributed by atoms with Crippen molar-refractivity contribution in [3.05, 3.63) is 48.0 Å². The summed E-state index contributed by atoms with van der Waals surface area (Å²) < 4.78 is 60.5. The molecule has 0 aliphatic carbocycles. The van der Waals surface area contributed by atoms with Crippen LogP contribution in [0.2, 0.25) is 0 Å². The number of benzene rings is 2. The van der Waals surface area contributed by atoms with Crippen LogP contribution in [-0.4, -0.2) is 13.9 Å². The van der Waals surface area contributed by atoms with Crippen LogP contribution in [0.4, 0.5) is 13.2 Å². The van der Waals surface area contributed by atoms with E-state index < -0.39 is 28.6 Å². The van der Waals surface area contributed by atoms with Gasteiger partial charge in [-0.05, 0) is 46.5 Å². The lowest BCUT2D eigenvalue weighted by Gasteiger charge is -2.14. The summed E-state index contributed by atoms with van der Waals surface area (Å²) in [5, 5.41) is 9.44. The lowest BCUT2D eigenvalue weighted by molar-refractivity contribution is -0.137. The minimum Gasteiger partial charge on any atom is -0.768 e. The van der Waals surface area contributed by atoms with Crippen LogP contribution in [0.1, 0.15) is 5.56 Å². The highest BCUT2D eigenvalue weighted by molar-refractivity contribution is 7.79. The Morgan fingerprint density at radius 3 is 2.35 bits per heavy atom. The highest BCUT2D eigenvalue weighted by Gasteiger charge is 2.33. The molecular formula is C13H8F3O3S-. The van der Waals surface area contributed by atoms with Gasteiger partial charge in [-0.25, -0.2) is 0 Å². The van der Waals surface area contributed by atoms with Crippen LogP contribution in [-0.2, 0) is 17.3 Å². The molecule has 2 aromatic rings. The van der Waals surface area contributed by atoms with E-state index in [9.17, 15) is 27.0 Å². The van der Waals surface area contributed by atoms with Crippen LogP contribution in [0.3, 0.4) is 0 Å². The molecule has 1 N–H and O–H groups in total. The molecular weight excluding hydrogens is 293 g/mol. The van der Waals surface area contributed by atoms with Gasteiger partial charge >= 0.3 is 6.18 Å². The molecule has 2 aromatic carbocycles. The SMILES string of the molecule is O=S([O-])c1cc(O)cc(-c2ccccc2C(F)(F)F)c1. The fraction of sp³-hybridized carbons (Fsp3) is 0.0769. The van der Waals surface area contributed by atoms with E-state index in [2.05, 4.69) is 0 Å². The number of alkyl halides is 3. The van der Waals surface area contributed by atoms with Crippen LogP contribution >= 0.6 is 0 Å². The Kier molecular flexibility index (Phi) is 3.82. The van der Waals surface area contributed by atoms with Crippen LogP contribution in [0.25, 0.3) is 11.1 Å². The standard InChI is InChI=1S/C13H9F3O3S/c14-13(15,16)12-4-2-1-3-11(12)8-5-9(17)7-10(6-8)20(18)19/h1-7,17H,(H,18,19)/p-1. The van der Waals surface area contributed by atoms with Gasteiger partial charge in [-0.1, -0.05) is 18.2 Å². The number of phenols is 1. The van der Waals surface area contributed by atoms with Crippen LogP contribution in [0.15, 0.2) is 47.4 Å². The third-order valence-corrected chi connectivity index (χ3v) is 3.25. The Morgan fingerprint density at radius 2 is 1.75 bits per heavy atom. The van der Waals surface area contributed by atoms with E-state index in [-0.39, 0.29) is 16.0 Å². The van der Waals surface area contributed by atoms with E-state index >= 15 is 0 Å². The molecule has 2 rings (SSSR count). The van der Waals surface area contributed by atoms with Crippen molar-refractivity contribution in [2.24, 2.45) is 0 Å². The second kappa shape index (κ2) is 5.26. The smallest absolute Gasteiger partial charge is 0.417 e. The number of aromatic hydroxyl groups is 1. The third kappa shape index (κ3) is 3.00. The molecule has 0 saturated heterocycles. The number of phenolic OH excluding ortho intramolecular Hbond substituents is 1. The third-order valence-electron chi connectivity index (χ3n) is 2.63. The van der Waals surface area contributed by atoms with Crippen LogP contribution in [0.5, 0.6) is 5.75 Å². The molecule has 0 aromatic heterocycles. The molecule has 106 valence electrons. The van der Waals surface area contributed by atoms with Crippen molar-refractivity contribution >= 4 is 11.1 Å². The number of halogens is 3. The molecule has 0 aliphatic heterocycles. The first-order valence-electron chi connectivity index (χ1n) is 5.39. The number of rotatable bonds is 2. The Bertz CT molecular complexity index is 668. The molecule has 7 heteroatoms. The molecule has 0 saturated carbocycles. The van der Waals surface area contributed by atoms with E-state index in [1.165, 1.54) is 18.2 Å². The summed E-state index contributed by atoms with van der Waals surface area (Å²) in [7, 11) is 0. The van der Waals surface area contributed by atoms with Gasteiger partial charge in [-0.3, -0.25) is 4.21 Å². The second-order valence-electron chi connectivity index (χ2n) is 3.99. The van der Waals surface area contributed by atoms with E-state index in [0.29, 0.717) is 0 Å². The molecule has 20 heavy (non-hydrogen) atoms. The maximum Gasteiger partial charge on any atom is 0.417 e. The zero-order valence-corrected chi connectivity index (χ0v) is 10.7. The molecule has 0 radical (unpaired) electrons. The molecule has 0 amide bonds. The van der Waals surface area contributed by atoms with Crippen LogP contribution < -0.4 is 0 Å². The van der Waals surface area contributed by atoms with Crippen molar-refractivity contribution in [2.45, 2.75) is 11.1 Å². The lowest BCUT2D eigenvalue weighted by atomic mass is 9.99. The predicted octanol–water partition coefficient (Wildman–Crippen LogP) is 3.32. The van der Waals surface area contributed by atoms with Crippen molar-refractivity contribution in [1.82, 2.24) is 0 Å². The zero-order chi connectivity index (χ0) is 14.9. The normalized spacial score (nSPS) is 13.2. The average molecular weight is 301 g/mol. The summed E-state index contributed by atoms with van der Waals surface area (Å²) in [6.07, 6.45) is -4.57. The zero-order valence-electron chi connectivity index (χ0n) is 9.85. The monoisotopic (exact) mass is 301 g/mol. The van der Waals surface area contributed by atoms with Crippen molar-refractivity contribution in [3.63, 3.8) is 0 Å². The summed E-state index contributed by atoms with van der Waals surface area (Å²) in [6, 6.07) is 7.88. The van der Waals surface area contributed by atoms with Gasteiger partial charge in [-0.15, -0.1) is 0 Å². The van der Waals surface area contributed by atoms with Crippen LogP contribution in [0, 0.1) is 0 Å². The largest absolute Gasteiger partial charge is 0.768 e. The highest BCUT2D eigenvalue weighted by Crippen LogP contribution is 2.38. The molecule has 1 atom stereocenters. The quantitative estimate of drug-likeness (QED) is 0.866. The van der Waals surface area contributed by atoms with Gasteiger partial charge < -0.3 is 9.66 Å². The van der Waals surface area contributed by atoms with Crippen molar-refractivity contribution in [2.75, 3.05) is 0 Å². The number of hydrogen-bond acceptors (Lipinski definition) is 3. The van der Waals surface area contributed by atoms with E-state index in [1.54, 1.807) is 0 Å². The summed E-state index contributed by atoms with van der Waals surface area (Å²) >= 11 is -2.64. The fourth-order valence-corrected chi connectivity index (χ4v) is 2.26. The Labute approximate surface area is 115 Å². The summed E-state index contributed by atoms with van der Waals surface area (Å²) in [5.41, 5.74) is -1.10. The van der Waals surface area contributed by atoms with Gasteiger partial charge in [-0.2, -0.15) is 13.2 Å². The molecule has 0 bridgehead atoms. The summed E-state index contributed by atoms with van der Waals surface area (Å²) in [5.74, 6) is -0.418. The van der Waals surface area contributed by atoms with Gasteiger partial charge in [0.1, 0.15) is 5.75 Å². The first-order chi connectivity index (χ1) is 9.29. The molecule has 0 heterocycles. The minimum absolute atomic E-state index is 0.0166. The van der Waals surface area contributed by atoms with Gasteiger partial charge in [0.2, 0.25) is 0 Å². The van der Waals surface area contributed by atoms with Gasteiger partial charge in [0.15, 0.2) is 0 Å². The topological polar surface area (TPSA) is 60.4 Å². The van der Waals surface area contributed by atoms with E-state index in [4.69, 9.17) is 0 Å². The minimum atomic E-state index is -4.57. The van der Waals surface area contributed by atoms with Gasteiger partial charge in [0.05, 0.1) is 5.56 Å². The molecule has 0 spiro atoms. The Balaban J connectivity index is 2.66. The lowest BCUT2D eigenvalue weighted by Crippen LogP contribution is -2.07. The summed E-state index contributed by atoms with van der Waals surface area (Å²) in [4.78, 5) is -0.281. The second-order valence-corrected chi connectivity index (χ2v) is 4.93. The fourth-order valence-electron chi connectivity index (χ4n) is 1.82. The first kappa shape index (κ1) is 14.5. The molecule has 0 fully saturated rings. The van der Waals surface area contributed by atoms with Crippen molar-refractivity contribution in [1.29, 1.82) is 0 Å². The Morgan fingerprint density at radius 1 is 1.10 bits per heavy atom. The van der Waals surface area contributed by atoms with Crippen molar-refractivity contribution in [3.8, 4) is 16.9 Å². The molecule has 1 unspecified atom stereocenters. The van der Waals surface area contributed by atoms with Gasteiger partial charge in [0, 0.05) is 4.90 Å². The summed E-state index contributed by atoms with van der Waals surface area (Å²) in [6.45, 7) is 0. The van der Waals surface area contributed by atoms with E-state index in [1.807, 2.05) is 0 Å². The maximum absolute atomic E-state index is 12.9. The number of hydrogen-bond donors (Lipinski definition) is 1. The van der Waals surface area contributed by atoms with Gasteiger partial charge in [0.25, 0.3) is 0 Å².